The van der Waals surface area contributed by atoms with Crippen molar-refractivity contribution in [1.82, 2.24) is 4.98 Å². The summed E-state index contributed by atoms with van der Waals surface area (Å²) in [6.07, 6.45) is -1.32. The second-order valence-corrected chi connectivity index (χ2v) is 7.99. The number of halogens is 4. The van der Waals surface area contributed by atoms with Gasteiger partial charge in [0, 0.05) is 40.7 Å². The molecule has 1 aromatic heterocycles. The van der Waals surface area contributed by atoms with Crippen LogP contribution in [0, 0.1) is 0 Å². The lowest BCUT2D eigenvalue weighted by Gasteiger charge is -2.37. The molecule has 0 bridgehead atoms. The predicted molar refractivity (Wildman–Crippen MR) is 104 cm³/mol. The maximum Gasteiger partial charge on any atom is 0.416 e. The minimum atomic E-state index is -4.43. The first-order valence-electron chi connectivity index (χ1n) is 9.13. The molecule has 8 heteroatoms. The first-order chi connectivity index (χ1) is 13.8. The average Bonchev–Trinajstić information content (AvgIpc) is 2.68. The Kier molecular flexibility index (Phi) is 5.06. The van der Waals surface area contributed by atoms with Crippen molar-refractivity contribution in [2.24, 2.45) is 0 Å². The van der Waals surface area contributed by atoms with Crippen LogP contribution in [0.5, 0.6) is 0 Å². The Hall–Kier alpha value is -2.48. The van der Waals surface area contributed by atoms with Gasteiger partial charge in [0.1, 0.15) is 5.82 Å². The molecule has 0 spiro atoms. The van der Waals surface area contributed by atoms with E-state index < -0.39 is 17.7 Å². The monoisotopic (exact) mass is 464 g/mol. The van der Waals surface area contributed by atoms with Crippen molar-refractivity contribution in [2.45, 2.75) is 37.8 Å². The van der Waals surface area contributed by atoms with Crippen LogP contribution < -0.4 is 4.90 Å². The Labute approximate surface area is 173 Å². The summed E-state index contributed by atoms with van der Waals surface area (Å²) in [4.78, 5) is 31.6. The van der Waals surface area contributed by atoms with Gasteiger partial charge in [-0.05, 0) is 58.6 Å². The van der Waals surface area contributed by atoms with Crippen molar-refractivity contribution in [3.63, 3.8) is 0 Å². The third kappa shape index (κ3) is 3.73. The highest BCUT2D eigenvalue weighted by atomic mass is 79.9. The van der Waals surface area contributed by atoms with E-state index in [0.717, 1.165) is 16.6 Å². The summed E-state index contributed by atoms with van der Waals surface area (Å²) in [5.74, 6) is -0.394. The molecule has 1 atom stereocenters. The first kappa shape index (κ1) is 19.8. The lowest BCUT2D eigenvalue weighted by atomic mass is 9.77. The molecule has 0 N–H and O–H groups in total. The van der Waals surface area contributed by atoms with Crippen molar-refractivity contribution in [1.29, 1.82) is 0 Å². The molecule has 4 rings (SSSR count). The molecule has 0 saturated carbocycles. The molecule has 1 aliphatic carbocycles. The maximum atomic E-state index is 13.0. The minimum absolute atomic E-state index is 0.00762. The van der Waals surface area contributed by atoms with E-state index in [1.165, 1.54) is 17.0 Å². The molecule has 1 amide bonds. The highest BCUT2D eigenvalue weighted by Crippen LogP contribution is 2.43. The van der Waals surface area contributed by atoms with Crippen LogP contribution in [0.1, 0.15) is 42.7 Å². The maximum absolute atomic E-state index is 13.0. The fraction of sp³-hybridized carbons (Fsp3) is 0.286. The summed E-state index contributed by atoms with van der Waals surface area (Å²) in [6.45, 7) is 0. The number of rotatable bonds is 2. The number of benzene rings is 1. The zero-order valence-corrected chi connectivity index (χ0v) is 16.8. The van der Waals surface area contributed by atoms with Crippen molar-refractivity contribution >= 4 is 33.4 Å². The second kappa shape index (κ2) is 7.40. The molecule has 1 unspecified atom stereocenters. The number of amides is 1. The van der Waals surface area contributed by atoms with Crippen molar-refractivity contribution in [3.05, 3.63) is 69.5 Å². The normalized spacial score (nSPS) is 20.1. The van der Waals surface area contributed by atoms with E-state index in [0.29, 0.717) is 41.9 Å². The molecular formula is C21H16BrF3N2O2. The molecule has 2 aromatic rings. The van der Waals surface area contributed by atoms with E-state index in [1.807, 2.05) is 0 Å². The summed E-state index contributed by atoms with van der Waals surface area (Å²) in [5, 5.41) is 0. The van der Waals surface area contributed by atoms with E-state index in [-0.39, 0.29) is 18.1 Å². The molecule has 0 saturated heterocycles. The molecule has 29 heavy (non-hydrogen) atoms. The minimum Gasteiger partial charge on any atom is -0.294 e. The van der Waals surface area contributed by atoms with E-state index >= 15 is 0 Å². The van der Waals surface area contributed by atoms with Crippen LogP contribution in [0.4, 0.5) is 19.0 Å². The summed E-state index contributed by atoms with van der Waals surface area (Å²) >= 11 is 3.31. The van der Waals surface area contributed by atoms with Gasteiger partial charge in [-0.3, -0.25) is 14.5 Å². The number of ketones is 1. The van der Waals surface area contributed by atoms with Crippen LogP contribution in [0.15, 0.2) is 58.3 Å². The Morgan fingerprint density at radius 3 is 2.38 bits per heavy atom. The largest absolute Gasteiger partial charge is 0.416 e. The number of hydrogen-bond acceptors (Lipinski definition) is 3. The van der Waals surface area contributed by atoms with Crippen LogP contribution in [-0.2, 0) is 15.8 Å². The van der Waals surface area contributed by atoms with Crippen molar-refractivity contribution in [3.8, 4) is 0 Å². The quantitative estimate of drug-likeness (QED) is 0.598. The smallest absolute Gasteiger partial charge is 0.294 e. The third-order valence-corrected chi connectivity index (χ3v) is 5.73. The SMILES string of the molecule is O=C1CCCC2=C1C(c1ccc(C(F)(F)F)cc1)CC(=O)N2c1ccc(Br)cn1. The Balaban J connectivity index is 1.79. The number of pyridine rings is 1. The van der Waals surface area contributed by atoms with Crippen LogP contribution in [-0.4, -0.2) is 16.7 Å². The van der Waals surface area contributed by atoms with Gasteiger partial charge >= 0.3 is 6.18 Å². The Bertz CT molecular complexity index is 998. The van der Waals surface area contributed by atoms with E-state index in [9.17, 15) is 22.8 Å². The summed E-state index contributed by atoms with van der Waals surface area (Å²) in [5.41, 5.74) is 0.906. The fourth-order valence-corrected chi connectivity index (χ4v) is 4.18. The standard InChI is InChI=1S/C21H16BrF3N2O2/c22-14-8-9-18(26-11-14)27-16-2-1-3-17(28)20(16)15(10-19(27)29)12-4-6-13(7-5-12)21(23,24)25/h4-9,11,15H,1-3,10H2. The van der Waals surface area contributed by atoms with Gasteiger partial charge in [0.05, 0.1) is 5.56 Å². The summed E-state index contributed by atoms with van der Waals surface area (Å²) in [6, 6.07) is 8.18. The highest BCUT2D eigenvalue weighted by Gasteiger charge is 2.40. The number of hydrogen-bond donors (Lipinski definition) is 0. The lowest BCUT2D eigenvalue weighted by molar-refractivity contribution is -0.137. The van der Waals surface area contributed by atoms with Crippen LogP contribution in [0.25, 0.3) is 0 Å². The number of nitrogens with zero attached hydrogens (tertiary/aromatic N) is 2. The van der Waals surface area contributed by atoms with Gasteiger partial charge in [-0.25, -0.2) is 4.98 Å². The number of aromatic nitrogens is 1. The van der Waals surface area contributed by atoms with E-state index in [2.05, 4.69) is 20.9 Å². The first-order valence-corrected chi connectivity index (χ1v) is 9.93. The summed E-state index contributed by atoms with van der Waals surface area (Å²) < 4.78 is 39.4. The summed E-state index contributed by atoms with van der Waals surface area (Å²) in [7, 11) is 0. The van der Waals surface area contributed by atoms with Gasteiger partial charge < -0.3 is 0 Å². The number of allylic oxidation sites excluding steroid dienone is 2. The number of carbonyl (C=O) groups excluding carboxylic acids is 2. The van der Waals surface area contributed by atoms with Gasteiger partial charge in [0.25, 0.3) is 0 Å². The molecular weight excluding hydrogens is 449 g/mol. The topological polar surface area (TPSA) is 50.3 Å². The fourth-order valence-electron chi connectivity index (χ4n) is 3.95. The Morgan fingerprint density at radius 1 is 1.03 bits per heavy atom. The van der Waals surface area contributed by atoms with E-state index in [4.69, 9.17) is 0 Å². The molecule has 4 nitrogen and oxygen atoms in total. The van der Waals surface area contributed by atoms with Crippen molar-refractivity contribution < 1.29 is 22.8 Å². The van der Waals surface area contributed by atoms with Gasteiger partial charge in [0.15, 0.2) is 5.78 Å². The number of anilines is 1. The molecule has 1 aromatic carbocycles. The molecule has 2 heterocycles. The van der Waals surface area contributed by atoms with Crippen molar-refractivity contribution in [2.75, 3.05) is 4.90 Å². The predicted octanol–water partition coefficient (Wildman–Crippen LogP) is 5.39. The Morgan fingerprint density at radius 2 is 1.76 bits per heavy atom. The van der Waals surface area contributed by atoms with Gasteiger partial charge in [-0.1, -0.05) is 12.1 Å². The third-order valence-electron chi connectivity index (χ3n) is 5.26. The van der Waals surface area contributed by atoms with Crippen LogP contribution >= 0.6 is 15.9 Å². The van der Waals surface area contributed by atoms with Gasteiger partial charge in [-0.15, -0.1) is 0 Å². The average molecular weight is 465 g/mol. The second-order valence-electron chi connectivity index (χ2n) is 7.08. The van der Waals surface area contributed by atoms with Crippen LogP contribution in [0.2, 0.25) is 0 Å². The number of carbonyl (C=O) groups is 2. The molecule has 1 aliphatic heterocycles. The molecule has 2 aliphatic rings. The zero-order chi connectivity index (χ0) is 20.8. The number of Topliss-reactive ketones (excluding diaryl/α,β-unsaturated/α-hetero) is 1. The van der Waals surface area contributed by atoms with Crippen LogP contribution in [0.3, 0.4) is 0 Å². The lowest BCUT2D eigenvalue weighted by Crippen LogP contribution is -2.41. The zero-order valence-electron chi connectivity index (χ0n) is 15.2. The molecule has 150 valence electrons. The van der Waals surface area contributed by atoms with Gasteiger partial charge in [-0.2, -0.15) is 13.2 Å². The highest BCUT2D eigenvalue weighted by molar-refractivity contribution is 9.10. The van der Waals surface area contributed by atoms with Gasteiger partial charge in [0.2, 0.25) is 5.91 Å². The van der Waals surface area contributed by atoms with E-state index in [1.54, 1.807) is 18.3 Å². The molecule has 0 radical (unpaired) electrons. The molecule has 0 fully saturated rings. The number of alkyl halides is 3.